The number of aliphatic hydroxyl groups is 1. The maximum Gasteiger partial charge on any atom is 0.410 e. The molecule has 1 N–H and O–H groups in total. The predicted octanol–water partition coefficient (Wildman–Crippen LogP) is 3.69. The molecule has 0 spiro atoms. The number of morpholine rings is 1. The van der Waals surface area contributed by atoms with Crippen molar-refractivity contribution in [3.63, 3.8) is 0 Å². The van der Waals surface area contributed by atoms with E-state index in [-0.39, 0.29) is 30.6 Å². The Bertz CT molecular complexity index is 830. The lowest BCUT2D eigenvalue weighted by atomic mass is 9.78. The fourth-order valence-electron chi connectivity index (χ4n) is 4.44. The number of rotatable bonds is 5. The minimum Gasteiger partial charge on any atom is -0.445 e. The van der Waals surface area contributed by atoms with Crippen LogP contribution in [0.3, 0.4) is 0 Å². The molecule has 0 saturated carbocycles. The molecule has 2 unspecified atom stereocenters. The Morgan fingerprint density at radius 2 is 1.79 bits per heavy atom. The molecule has 2 bridgehead atoms. The summed E-state index contributed by atoms with van der Waals surface area (Å²) in [6, 6.07) is 15.6. The molecular weight excluding hydrogens is 373 g/mol. The average Bonchev–Trinajstić information content (AvgIpc) is 2.71. The molecule has 2 atom stereocenters. The van der Waals surface area contributed by atoms with Crippen LogP contribution in [0.4, 0.5) is 9.18 Å². The lowest BCUT2D eigenvalue weighted by Crippen LogP contribution is -2.63. The first-order valence-electron chi connectivity index (χ1n) is 10.1. The summed E-state index contributed by atoms with van der Waals surface area (Å²) >= 11 is 0. The molecule has 0 radical (unpaired) electrons. The molecule has 2 aliphatic heterocycles. The maximum absolute atomic E-state index is 13.4. The van der Waals surface area contributed by atoms with Crippen molar-refractivity contribution in [2.24, 2.45) is 0 Å². The number of carbonyl (C=O) groups is 1. The summed E-state index contributed by atoms with van der Waals surface area (Å²) in [4.78, 5) is 14.5. The van der Waals surface area contributed by atoms with Crippen molar-refractivity contribution in [2.75, 3.05) is 13.2 Å². The zero-order valence-corrected chi connectivity index (χ0v) is 16.3. The summed E-state index contributed by atoms with van der Waals surface area (Å²) in [6.07, 6.45) is 1.61. The summed E-state index contributed by atoms with van der Waals surface area (Å²) in [6.45, 7) is 0.999. The number of carbonyl (C=O) groups excluding carboxylic acids is 1. The van der Waals surface area contributed by atoms with Crippen molar-refractivity contribution in [1.82, 2.24) is 4.90 Å². The molecular formula is C23H26FNO4. The molecule has 2 fully saturated rings. The Morgan fingerprint density at radius 3 is 2.48 bits per heavy atom. The highest BCUT2D eigenvalue weighted by Gasteiger charge is 2.48. The topological polar surface area (TPSA) is 59.0 Å². The normalized spacial score (nSPS) is 26.2. The second-order valence-corrected chi connectivity index (χ2v) is 8.06. The second-order valence-electron chi connectivity index (χ2n) is 8.06. The van der Waals surface area contributed by atoms with E-state index in [2.05, 4.69) is 0 Å². The van der Waals surface area contributed by atoms with Crippen LogP contribution < -0.4 is 0 Å². The summed E-state index contributed by atoms with van der Waals surface area (Å²) in [7, 11) is 0. The van der Waals surface area contributed by atoms with Gasteiger partial charge in [0.2, 0.25) is 0 Å². The molecule has 0 aliphatic carbocycles. The number of aryl methyl sites for hydroxylation is 1. The lowest BCUT2D eigenvalue weighted by molar-refractivity contribution is -0.135. The van der Waals surface area contributed by atoms with E-state index in [9.17, 15) is 14.3 Å². The van der Waals surface area contributed by atoms with Gasteiger partial charge in [0.1, 0.15) is 12.4 Å². The maximum atomic E-state index is 13.4. The van der Waals surface area contributed by atoms with Crippen LogP contribution in [0.5, 0.6) is 0 Å². The van der Waals surface area contributed by atoms with E-state index in [1.807, 2.05) is 36.4 Å². The summed E-state index contributed by atoms with van der Waals surface area (Å²) in [5, 5.41) is 11.2. The van der Waals surface area contributed by atoms with Crippen LogP contribution in [0.2, 0.25) is 0 Å². The van der Waals surface area contributed by atoms with E-state index >= 15 is 0 Å². The van der Waals surface area contributed by atoms with E-state index < -0.39 is 5.60 Å². The number of ether oxygens (including phenoxy) is 2. The molecule has 1 amide bonds. The minimum absolute atomic E-state index is 0.219. The summed E-state index contributed by atoms with van der Waals surface area (Å²) < 4.78 is 24.6. The minimum atomic E-state index is -0.901. The molecule has 29 heavy (non-hydrogen) atoms. The quantitative estimate of drug-likeness (QED) is 0.833. The third-order valence-corrected chi connectivity index (χ3v) is 5.82. The van der Waals surface area contributed by atoms with Crippen molar-refractivity contribution in [3.05, 3.63) is 71.5 Å². The Kier molecular flexibility index (Phi) is 5.83. The first kappa shape index (κ1) is 19.9. The number of piperidine rings is 1. The molecule has 6 heteroatoms. The Labute approximate surface area is 170 Å². The van der Waals surface area contributed by atoms with Crippen molar-refractivity contribution in [1.29, 1.82) is 0 Å². The molecule has 2 heterocycles. The van der Waals surface area contributed by atoms with Gasteiger partial charge >= 0.3 is 6.09 Å². The van der Waals surface area contributed by atoms with E-state index in [1.54, 1.807) is 11.0 Å². The van der Waals surface area contributed by atoms with Crippen LogP contribution in [0.25, 0.3) is 0 Å². The molecule has 154 valence electrons. The van der Waals surface area contributed by atoms with E-state index in [0.717, 1.165) is 11.1 Å². The van der Waals surface area contributed by atoms with Gasteiger partial charge in [-0.1, -0.05) is 42.5 Å². The van der Waals surface area contributed by atoms with Gasteiger partial charge in [0.05, 0.1) is 30.9 Å². The third-order valence-electron chi connectivity index (χ3n) is 5.82. The van der Waals surface area contributed by atoms with Gasteiger partial charge in [0.25, 0.3) is 0 Å². The molecule has 5 nitrogen and oxygen atoms in total. The lowest BCUT2D eigenvalue weighted by Gasteiger charge is -2.51. The number of benzene rings is 2. The standard InChI is InChI=1S/C23H26FNO4/c24-19-8-4-7-17(11-19)9-10-23(27)12-20-15-28-16-21(13-23)25(20)22(26)29-14-18-5-2-1-3-6-18/h1-8,11,20-21,27H,9-10,12-16H2. The highest BCUT2D eigenvalue weighted by molar-refractivity contribution is 5.69. The number of amides is 1. The Balaban J connectivity index is 1.38. The molecule has 0 aromatic heterocycles. The number of fused-ring (bicyclic) bond motifs is 2. The first-order chi connectivity index (χ1) is 14.0. The van der Waals surface area contributed by atoms with E-state index in [0.29, 0.717) is 38.9 Å². The first-order valence-corrected chi connectivity index (χ1v) is 10.1. The van der Waals surface area contributed by atoms with Gasteiger partial charge in [-0.3, -0.25) is 4.90 Å². The van der Waals surface area contributed by atoms with Crippen molar-refractivity contribution in [3.8, 4) is 0 Å². The Hall–Kier alpha value is -2.44. The molecule has 2 saturated heterocycles. The van der Waals surface area contributed by atoms with Crippen LogP contribution in [-0.4, -0.2) is 47.0 Å². The van der Waals surface area contributed by atoms with E-state index in [1.165, 1.54) is 12.1 Å². The van der Waals surface area contributed by atoms with Gasteiger partial charge in [0.15, 0.2) is 0 Å². The van der Waals surface area contributed by atoms with Crippen LogP contribution in [0, 0.1) is 5.82 Å². The summed E-state index contributed by atoms with van der Waals surface area (Å²) in [5.41, 5.74) is 0.900. The van der Waals surface area contributed by atoms with Gasteiger partial charge in [0, 0.05) is 0 Å². The van der Waals surface area contributed by atoms with Gasteiger partial charge in [-0.05, 0) is 48.9 Å². The molecule has 2 aromatic carbocycles. The average molecular weight is 399 g/mol. The zero-order chi connectivity index (χ0) is 20.3. The third kappa shape index (κ3) is 4.77. The number of halogens is 1. The highest BCUT2D eigenvalue weighted by atomic mass is 19.1. The van der Waals surface area contributed by atoms with Crippen molar-refractivity contribution < 1.29 is 23.8 Å². The van der Waals surface area contributed by atoms with Crippen LogP contribution in [-0.2, 0) is 22.5 Å². The van der Waals surface area contributed by atoms with Crippen molar-refractivity contribution in [2.45, 2.75) is 50.0 Å². The van der Waals surface area contributed by atoms with Crippen molar-refractivity contribution >= 4 is 6.09 Å². The molecule has 4 rings (SSSR count). The zero-order valence-electron chi connectivity index (χ0n) is 16.3. The second kappa shape index (κ2) is 8.51. The number of nitrogens with zero attached hydrogens (tertiary/aromatic N) is 1. The Morgan fingerprint density at radius 1 is 1.10 bits per heavy atom. The van der Waals surface area contributed by atoms with Gasteiger partial charge in [-0.25, -0.2) is 9.18 Å². The number of hydrogen-bond acceptors (Lipinski definition) is 4. The fourth-order valence-corrected chi connectivity index (χ4v) is 4.44. The fraction of sp³-hybridized carbons (Fsp3) is 0.435. The highest BCUT2D eigenvalue weighted by Crippen LogP contribution is 2.37. The van der Waals surface area contributed by atoms with Gasteiger partial charge in [-0.2, -0.15) is 0 Å². The smallest absolute Gasteiger partial charge is 0.410 e. The molecule has 2 aliphatic rings. The van der Waals surface area contributed by atoms with Gasteiger partial charge in [-0.15, -0.1) is 0 Å². The van der Waals surface area contributed by atoms with Gasteiger partial charge < -0.3 is 14.6 Å². The van der Waals surface area contributed by atoms with Crippen LogP contribution in [0.15, 0.2) is 54.6 Å². The summed E-state index contributed by atoms with van der Waals surface area (Å²) in [5.74, 6) is -0.268. The number of hydrogen-bond donors (Lipinski definition) is 1. The van der Waals surface area contributed by atoms with Crippen LogP contribution >= 0.6 is 0 Å². The largest absolute Gasteiger partial charge is 0.445 e. The monoisotopic (exact) mass is 399 g/mol. The SMILES string of the molecule is O=C(OCc1ccccc1)N1C2COCC1CC(O)(CCc1cccc(F)c1)C2. The van der Waals surface area contributed by atoms with Crippen LogP contribution in [0.1, 0.15) is 30.4 Å². The predicted molar refractivity (Wildman–Crippen MR) is 106 cm³/mol. The molecule has 2 aromatic rings. The van der Waals surface area contributed by atoms with E-state index in [4.69, 9.17) is 9.47 Å².